The van der Waals surface area contributed by atoms with Crippen molar-refractivity contribution in [1.29, 1.82) is 0 Å². The van der Waals surface area contributed by atoms with Crippen LogP contribution in [0, 0.1) is 5.41 Å². The zero-order valence-corrected chi connectivity index (χ0v) is 30.4. The zero-order valence-electron chi connectivity index (χ0n) is 26.9. The minimum atomic E-state index is -5.90. The van der Waals surface area contributed by atoms with Gasteiger partial charge in [-0.05, 0) is 0 Å². The monoisotopic (exact) mass is 805 g/mol. The SMILES string of the molecule is CC(=O)SCCNC(=O)CCNC(=O)[C@H](O)C(C)(C)COP(=O)([O-])OP(=O)([O-])OC[C@@H]1O[C@H](n2cnc3c(N)ncnc32)[C@@H](O)[C@H]1OP(=O)([O-])[O-]. The summed E-state index contributed by atoms with van der Waals surface area (Å²) in [7, 11) is -17.6. The summed E-state index contributed by atoms with van der Waals surface area (Å²) in [4.78, 5) is 94.3. The van der Waals surface area contributed by atoms with Crippen LogP contribution in [0.4, 0.5) is 5.82 Å². The highest BCUT2D eigenvalue weighted by Crippen LogP contribution is 2.56. The minimum absolute atomic E-state index is 0.0209. The van der Waals surface area contributed by atoms with Gasteiger partial charge in [0, 0.05) is 37.6 Å². The number of fused-ring (bicyclic) bond motifs is 1. The van der Waals surface area contributed by atoms with Crippen LogP contribution in [0.1, 0.15) is 33.4 Å². The molecule has 0 spiro atoms. The predicted molar refractivity (Wildman–Crippen MR) is 164 cm³/mol. The number of imidazole rings is 1. The van der Waals surface area contributed by atoms with Gasteiger partial charge in [0.2, 0.25) is 11.8 Å². The number of nitrogens with zero attached hydrogens (tertiary/aromatic N) is 4. The van der Waals surface area contributed by atoms with Gasteiger partial charge in [-0.1, -0.05) is 25.6 Å². The second-order valence-corrected chi connectivity index (χ2v) is 16.7. The van der Waals surface area contributed by atoms with E-state index in [0.717, 1.165) is 29.0 Å². The van der Waals surface area contributed by atoms with E-state index in [-0.39, 0.29) is 41.6 Å². The molecule has 0 saturated carbocycles. The van der Waals surface area contributed by atoms with E-state index in [1.165, 1.54) is 20.8 Å². The quantitative estimate of drug-likeness (QED) is 0.0670. The third-order valence-electron chi connectivity index (χ3n) is 6.78. The average Bonchev–Trinajstić information content (AvgIpc) is 3.57. The minimum Gasteiger partial charge on any atom is -0.790 e. The lowest BCUT2D eigenvalue weighted by Crippen LogP contribution is -2.46. The molecule has 24 nitrogen and oxygen atoms in total. The predicted octanol–water partition coefficient (Wildman–Crippen LogP) is -3.84. The Bertz CT molecular complexity index is 1710. The Hall–Kier alpha value is -2.44. The first-order valence-corrected chi connectivity index (χ1v) is 19.8. The molecule has 7 atom stereocenters. The number of hydrogen-bond donors (Lipinski definition) is 5. The lowest BCUT2D eigenvalue weighted by atomic mass is 9.87. The molecule has 0 aromatic carbocycles. The number of nitrogens with two attached hydrogens (primary N) is 1. The number of anilines is 1. The first-order chi connectivity index (χ1) is 23.5. The molecule has 3 heterocycles. The second-order valence-electron chi connectivity index (χ2n) is 11.3. The Morgan fingerprint density at radius 1 is 1.10 bits per heavy atom. The van der Waals surface area contributed by atoms with E-state index < -0.39 is 84.6 Å². The molecular weight excluding hydrogens is 771 g/mol. The topological polar surface area (TPSA) is 375 Å². The molecule has 6 N–H and O–H groups in total. The Morgan fingerprint density at radius 2 is 1.76 bits per heavy atom. The molecule has 2 aromatic heterocycles. The number of nitrogen functional groups attached to an aromatic ring is 1. The molecular formula is C23H34N7O17P3S-4. The van der Waals surface area contributed by atoms with E-state index in [9.17, 15) is 57.9 Å². The molecule has 3 rings (SSSR count). The van der Waals surface area contributed by atoms with Crippen LogP contribution in [0.15, 0.2) is 12.7 Å². The van der Waals surface area contributed by atoms with Gasteiger partial charge in [-0.25, -0.2) is 19.3 Å². The van der Waals surface area contributed by atoms with E-state index in [0.29, 0.717) is 5.75 Å². The van der Waals surface area contributed by atoms with E-state index >= 15 is 0 Å². The summed E-state index contributed by atoms with van der Waals surface area (Å²) in [5, 5.41) is 25.9. The van der Waals surface area contributed by atoms with Crippen molar-refractivity contribution in [3.63, 3.8) is 0 Å². The molecule has 0 bridgehead atoms. The van der Waals surface area contributed by atoms with Crippen LogP contribution < -0.4 is 35.9 Å². The first kappa shape index (κ1) is 43.0. The van der Waals surface area contributed by atoms with Crippen LogP contribution in [0.3, 0.4) is 0 Å². The van der Waals surface area contributed by atoms with Crippen molar-refractivity contribution in [1.82, 2.24) is 30.2 Å². The van der Waals surface area contributed by atoms with E-state index in [1.807, 2.05) is 0 Å². The smallest absolute Gasteiger partial charge is 0.274 e. The number of phosphoric ester groups is 3. The Kier molecular flexibility index (Phi) is 14.8. The molecule has 288 valence electrons. The fourth-order valence-electron chi connectivity index (χ4n) is 4.30. The van der Waals surface area contributed by atoms with Crippen LogP contribution in [0.2, 0.25) is 0 Å². The van der Waals surface area contributed by atoms with Gasteiger partial charge in [0.25, 0.3) is 15.6 Å². The molecule has 2 unspecified atom stereocenters. The molecule has 0 radical (unpaired) electrons. The Labute approximate surface area is 293 Å². The van der Waals surface area contributed by atoms with Crippen molar-refractivity contribution in [2.24, 2.45) is 5.41 Å². The molecule has 28 heteroatoms. The van der Waals surface area contributed by atoms with Crippen LogP contribution >= 0.6 is 35.2 Å². The summed E-state index contributed by atoms with van der Waals surface area (Å²) in [6, 6.07) is 0. The largest absolute Gasteiger partial charge is 0.790 e. The van der Waals surface area contributed by atoms with Crippen LogP contribution in [0.5, 0.6) is 0 Å². The summed E-state index contributed by atoms with van der Waals surface area (Å²) in [6.45, 7) is 1.49. The normalized spacial score (nSPS) is 22.6. The number of rotatable bonds is 19. The van der Waals surface area contributed by atoms with Crippen molar-refractivity contribution >= 4 is 69.1 Å². The second kappa shape index (κ2) is 17.6. The maximum Gasteiger partial charge on any atom is 0.274 e. The number of hydrogen-bond acceptors (Lipinski definition) is 22. The lowest BCUT2D eigenvalue weighted by molar-refractivity contribution is -0.347. The number of carbonyl (C=O) groups is 3. The maximum absolute atomic E-state index is 12.4. The number of ether oxygens (including phenoxy) is 1. The summed E-state index contributed by atoms with van der Waals surface area (Å²) in [5.74, 6) is -1.19. The molecule has 1 fully saturated rings. The molecule has 51 heavy (non-hydrogen) atoms. The molecule has 2 aromatic rings. The number of aromatic nitrogens is 4. The third-order valence-corrected chi connectivity index (χ3v) is 10.6. The summed E-state index contributed by atoms with van der Waals surface area (Å²) < 4.78 is 60.2. The highest BCUT2D eigenvalue weighted by atomic mass is 32.2. The zero-order chi connectivity index (χ0) is 38.4. The van der Waals surface area contributed by atoms with Crippen molar-refractivity contribution in [3.05, 3.63) is 12.7 Å². The Morgan fingerprint density at radius 3 is 2.41 bits per heavy atom. The molecule has 0 aliphatic carbocycles. The van der Waals surface area contributed by atoms with Gasteiger partial charge in [0.15, 0.2) is 22.8 Å². The summed E-state index contributed by atoms with van der Waals surface area (Å²) in [6.07, 6.45) is -7.55. The fraction of sp³-hybridized carbons (Fsp3) is 0.652. The van der Waals surface area contributed by atoms with Crippen molar-refractivity contribution in [2.45, 2.75) is 57.8 Å². The van der Waals surface area contributed by atoms with Gasteiger partial charge < -0.3 is 69.0 Å². The number of carbonyl (C=O) groups excluding carboxylic acids is 3. The number of thioether (sulfide) groups is 1. The summed E-state index contributed by atoms with van der Waals surface area (Å²) in [5.41, 5.74) is 4.07. The van der Waals surface area contributed by atoms with Gasteiger partial charge in [-0.15, -0.1) is 0 Å². The average molecular weight is 806 g/mol. The van der Waals surface area contributed by atoms with E-state index in [2.05, 4.69) is 43.5 Å². The number of aliphatic hydroxyl groups excluding tert-OH is 2. The standard InChI is InChI=1S/C23H38N7O17P3S/c1-12(31)51-7-6-25-14(32)4-5-26-21(35)18(34)23(2,3)9-44-50(41,42)47-49(39,40)43-8-13-17(46-48(36,37)38)16(33)22(45-13)30-11-29-15-19(24)27-10-28-20(15)30/h10-11,13,16-18,22,33-34H,4-9H2,1-3H3,(H,25,32)(H,26,35)(H,39,40)(H,41,42)(H2,24,27,28)(H2,36,37,38)/p-4/t13-,16-,17-,18-,22-/m0/s1. The number of aliphatic hydroxyl groups is 2. The van der Waals surface area contributed by atoms with Gasteiger partial charge in [-0.2, -0.15) is 0 Å². The highest BCUT2D eigenvalue weighted by Gasteiger charge is 2.47. The first-order valence-electron chi connectivity index (χ1n) is 14.5. The van der Waals surface area contributed by atoms with Gasteiger partial charge in [0.05, 0.1) is 27.4 Å². The van der Waals surface area contributed by atoms with Gasteiger partial charge in [-0.3, -0.25) is 28.1 Å². The fourth-order valence-corrected chi connectivity index (χ4v) is 7.53. The van der Waals surface area contributed by atoms with Gasteiger partial charge in [0.1, 0.15) is 36.3 Å². The van der Waals surface area contributed by atoms with Crippen LogP contribution in [0.25, 0.3) is 11.2 Å². The van der Waals surface area contributed by atoms with Crippen LogP contribution in [-0.4, -0.2) is 103 Å². The third kappa shape index (κ3) is 12.9. The molecule has 1 aliphatic rings. The number of nitrogens with one attached hydrogen (secondary N) is 2. The highest BCUT2D eigenvalue weighted by molar-refractivity contribution is 8.13. The van der Waals surface area contributed by atoms with Crippen LogP contribution in [-0.2, 0) is 50.7 Å². The van der Waals surface area contributed by atoms with Crippen molar-refractivity contribution in [3.8, 4) is 0 Å². The molecule has 1 aliphatic heterocycles. The summed E-state index contributed by atoms with van der Waals surface area (Å²) >= 11 is 1.01. The maximum atomic E-state index is 12.4. The van der Waals surface area contributed by atoms with E-state index in [1.54, 1.807) is 0 Å². The molecule has 2 amide bonds. The van der Waals surface area contributed by atoms with Crippen molar-refractivity contribution in [2.75, 3.05) is 37.8 Å². The van der Waals surface area contributed by atoms with Gasteiger partial charge >= 0.3 is 0 Å². The Balaban J connectivity index is 1.55. The van der Waals surface area contributed by atoms with E-state index in [4.69, 9.17) is 10.5 Å². The van der Waals surface area contributed by atoms with Crippen molar-refractivity contribution < 1.29 is 80.5 Å². The number of phosphoric acid groups is 3. The lowest BCUT2D eigenvalue weighted by Gasteiger charge is -2.36. The number of amides is 2. The molecule has 1 saturated heterocycles.